The van der Waals surface area contributed by atoms with Crippen LogP contribution in [0.4, 0.5) is 11.4 Å². The van der Waals surface area contributed by atoms with Crippen molar-refractivity contribution in [1.82, 2.24) is 0 Å². The summed E-state index contributed by atoms with van der Waals surface area (Å²) in [4.78, 5) is 11.7. The third-order valence-electron chi connectivity index (χ3n) is 3.50. The van der Waals surface area contributed by atoms with Crippen LogP contribution in [0.2, 0.25) is 0 Å². The molecule has 0 bridgehead atoms. The second-order valence-electron chi connectivity index (χ2n) is 5.42. The Kier molecular flexibility index (Phi) is 3.20. The van der Waals surface area contributed by atoms with E-state index < -0.39 is 0 Å². The number of nitrogens with two attached hydrogens (primary N) is 1. The number of anilines is 2. The molecule has 0 saturated heterocycles. The van der Waals surface area contributed by atoms with Crippen molar-refractivity contribution < 1.29 is 9.53 Å². The normalized spacial score (nSPS) is 15.3. The molecule has 1 aliphatic carbocycles. The molecule has 2 rings (SSSR count). The highest BCUT2D eigenvalue weighted by Gasteiger charge is 2.38. The molecular formula is C14H20N2O2. The fraction of sp³-hybridized carbons (Fsp3) is 0.500. The lowest BCUT2D eigenvalue weighted by Gasteiger charge is -2.28. The highest BCUT2D eigenvalue weighted by molar-refractivity contribution is 5.96. The third kappa shape index (κ3) is 2.58. The maximum absolute atomic E-state index is 11.7. The van der Waals surface area contributed by atoms with Gasteiger partial charge >= 0.3 is 5.97 Å². The van der Waals surface area contributed by atoms with Crippen LogP contribution < -0.4 is 11.1 Å². The first kappa shape index (κ1) is 12.7. The number of methoxy groups -OCH3 is 1. The van der Waals surface area contributed by atoms with Gasteiger partial charge in [-0.25, -0.2) is 4.79 Å². The number of ether oxygens (including phenoxy) is 1. The monoisotopic (exact) mass is 248 g/mol. The van der Waals surface area contributed by atoms with Gasteiger partial charge in [0.05, 0.1) is 12.7 Å². The lowest BCUT2D eigenvalue weighted by molar-refractivity contribution is 0.0602. The Morgan fingerprint density at radius 3 is 2.67 bits per heavy atom. The van der Waals surface area contributed by atoms with Crippen LogP contribution in [-0.2, 0) is 4.74 Å². The van der Waals surface area contributed by atoms with Gasteiger partial charge in [-0.15, -0.1) is 0 Å². The minimum Gasteiger partial charge on any atom is -0.465 e. The Labute approximate surface area is 108 Å². The van der Waals surface area contributed by atoms with E-state index in [-0.39, 0.29) is 11.5 Å². The van der Waals surface area contributed by atoms with E-state index in [1.54, 1.807) is 12.1 Å². The minimum absolute atomic E-state index is 0.0150. The SMILES string of the molecule is COC(=O)c1cc(N)ccc1NC(C)(C)C1CC1. The van der Waals surface area contributed by atoms with Crippen molar-refractivity contribution >= 4 is 17.3 Å². The lowest BCUT2D eigenvalue weighted by atomic mass is 9.97. The summed E-state index contributed by atoms with van der Waals surface area (Å²) in [5, 5.41) is 3.43. The molecule has 1 saturated carbocycles. The van der Waals surface area contributed by atoms with Gasteiger partial charge in [0, 0.05) is 16.9 Å². The summed E-state index contributed by atoms with van der Waals surface area (Å²) < 4.78 is 4.79. The number of esters is 1. The van der Waals surface area contributed by atoms with Crippen LogP contribution >= 0.6 is 0 Å². The Hall–Kier alpha value is -1.71. The molecule has 0 aliphatic heterocycles. The Morgan fingerprint density at radius 1 is 1.44 bits per heavy atom. The second kappa shape index (κ2) is 4.52. The Morgan fingerprint density at radius 2 is 2.11 bits per heavy atom. The van der Waals surface area contributed by atoms with Gasteiger partial charge in [0.15, 0.2) is 0 Å². The summed E-state index contributed by atoms with van der Waals surface area (Å²) in [6.07, 6.45) is 2.48. The highest BCUT2D eigenvalue weighted by atomic mass is 16.5. The van der Waals surface area contributed by atoms with E-state index in [1.807, 2.05) is 6.07 Å². The maximum atomic E-state index is 11.7. The molecule has 0 radical (unpaired) electrons. The zero-order valence-corrected chi connectivity index (χ0v) is 11.1. The van der Waals surface area contributed by atoms with Crippen molar-refractivity contribution in [3.05, 3.63) is 23.8 Å². The van der Waals surface area contributed by atoms with Crippen LogP contribution in [0.1, 0.15) is 37.0 Å². The summed E-state index contributed by atoms with van der Waals surface area (Å²) in [5.74, 6) is 0.303. The van der Waals surface area contributed by atoms with Crippen molar-refractivity contribution in [2.24, 2.45) is 5.92 Å². The molecule has 1 aromatic carbocycles. The van der Waals surface area contributed by atoms with Gasteiger partial charge in [-0.1, -0.05) is 0 Å². The molecule has 0 heterocycles. The van der Waals surface area contributed by atoms with E-state index in [0.29, 0.717) is 17.2 Å². The van der Waals surface area contributed by atoms with Gasteiger partial charge in [-0.2, -0.15) is 0 Å². The quantitative estimate of drug-likeness (QED) is 0.635. The van der Waals surface area contributed by atoms with Gasteiger partial charge < -0.3 is 15.8 Å². The summed E-state index contributed by atoms with van der Waals surface area (Å²) in [5.41, 5.74) is 7.54. The van der Waals surface area contributed by atoms with Crippen LogP contribution in [0.25, 0.3) is 0 Å². The first-order valence-corrected chi connectivity index (χ1v) is 6.20. The van der Waals surface area contributed by atoms with Crippen LogP contribution in [-0.4, -0.2) is 18.6 Å². The second-order valence-corrected chi connectivity index (χ2v) is 5.42. The number of nitrogen functional groups attached to an aromatic ring is 1. The number of carbonyl (C=O) groups is 1. The van der Waals surface area contributed by atoms with Gasteiger partial charge in [0.25, 0.3) is 0 Å². The van der Waals surface area contributed by atoms with E-state index in [4.69, 9.17) is 10.5 Å². The fourth-order valence-corrected chi connectivity index (χ4v) is 2.20. The van der Waals surface area contributed by atoms with Crippen molar-refractivity contribution in [2.45, 2.75) is 32.2 Å². The number of rotatable bonds is 4. The number of benzene rings is 1. The molecule has 1 fully saturated rings. The molecular weight excluding hydrogens is 228 g/mol. The van der Waals surface area contributed by atoms with Crippen LogP contribution in [0.5, 0.6) is 0 Å². The predicted molar refractivity (Wildman–Crippen MR) is 72.6 cm³/mol. The standard InChI is InChI=1S/C14H20N2O2/c1-14(2,9-4-5-9)16-12-7-6-10(15)8-11(12)13(17)18-3/h6-9,16H,4-5,15H2,1-3H3. The van der Waals surface area contributed by atoms with Gasteiger partial charge in [0.2, 0.25) is 0 Å². The molecule has 0 atom stereocenters. The smallest absolute Gasteiger partial charge is 0.340 e. The van der Waals surface area contributed by atoms with Crippen molar-refractivity contribution in [2.75, 3.05) is 18.2 Å². The third-order valence-corrected chi connectivity index (χ3v) is 3.50. The van der Waals surface area contributed by atoms with Gasteiger partial charge in [0.1, 0.15) is 0 Å². The summed E-state index contributed by atoms with van der Waals surface area (Å²) in [6, 6.07) is 5.28. The summed E-state index contributed by atoms with van der Waals surface area (Å²) in [6.45, 7) is 4.31. The van der Waals surface area contributed by atoms with Crippen LogP contribution in [0.15, 0.2) is 18.2 Å². The molecule has 98 valence electrons. The van der Waals surface area contributed by atoms with Crippen molar-refractivity contribution in [1.29, 1.82) is 0 Å². The van der Waals surface area contributed by atoms with Crippen LogP contribution in [0, 0.1) is 5.92 Å². The molecule has 4 heteroatoms. The largest absolute Gasteiger partial charge is 0.465 e. The summed E-state index contributed by atoms with van der Waals surface area (Å²) in [7, 11) is 1.38. The zero-order valence-electron chi connectivity index (χ0n) is 11.1. The number of hydrogen-bond donors (Lipinski definition) is 2. The summed E-state index contributed by atoms with van der Waals surface area (Å²) >= 11 is 0. The Bertz CT molecular complexity index is 465. The van der Waals surface area contributed by atoms with E-state index in [0.717, 1.165) is 5.69 Å². The number of hydrogen-bond acceptors (Lipinski definition) is 4. The lowest BCUT2D eigenvalue weighted by Crippen LogP contribution is -2.34. The zero-order chi connectivity index (χ0) is 13.3. The topological polar surface area (TPSA) is 64.3 Å². The van der Waals surface area contributed by atoms with E-state index in [9.17, 15) is 4.79 Å². The molecule has 0 amide bonds. The molecule has 18 heavy (non-hydrogen) atoms. The maximum Gasteiger partial charge on any atom is 0.340 e. The van der Waals surface area contributed by atoms with E-state index >= 15 is 0 Å². The first-order valence-electron chi connectivity index (χ1n) is 6.20. The fourth-order valence-electron chi connectivity index (χ4n) is 2.20. The minimum atomic E-state index is -0.364. The van der Waals surface area contributed by atoms with Crippen LogP contribution in [0.3, 0.4) is 0 Å². The predicted octanol–water partition coefficient (Wildman–Crippen LogP) is 2.66. The Balaban J connectivity index is 2.29. The molecule has 1 aromatic rings. The molecule has 0 aromatic heterocycles. The van der Waals surface area contributed by atoms with Crippen molar-refractivity contribution in [3.8, 4) is 0 Å². The average molecular weight is 248 g/mol. The molecule has 3 N–H and O–H groups in total. The van der Waals surface area contributed by atoms with Crippen molar-refractivity contribution in [3.63, 3.8) is 0 Å². The average Bonchev–Trinajstić information content (AvgIpc) is 3.14. The van der Waals surface area contributed by atoms with Gasteiger partial charge in [-0.05, 0) is 50.8 Å². The number of carbonyl (C=O) groups excluding carboxylic acids is 1. The molecule has 4 nitrogen and oxygen atoms in total. The van der Waals surface area contributed by atoms with E-state index in [1.165, 1.54) is 20.0 Å². The molecule has 0 unspecified atom stereocenters. The van der Waals surface area contributed by atoms with E-state index in [2.05, 4.69) is 19.2 Å². The molecule has 0 spiro atoms. The van der Waals surface area contributed by atoms with Gasteiger partial charge in [-0.3, -0.25) is 0 Å². The number of nitrogens with one attached hydrogen (secondary N) is 1. The highest BCUT2D eigenvalue weighted by Crippen LogP contribution is 2.41. The molecule has 1 aliphatic rings. The first-order chi connectivity index (χ1) is 8.44.